The van der Waals surface area contributed by atoms with E-state index in [-0.39, 0.29) is 50.7 Å². The molecule has 12 nitrogen and oxygen atoms in total. The molecule has 6 unspecified atom stereocenters. The molecule has 1 aromatic heterocycles. The molecule has 1 aromatic rings. The zero-order valence-corrected chi connectivity index (χ0v) is 21.9. The molecule has 0 aromatic carbocycles. The van der Waals surface area contributed by atoms with Gasteiger partial charge in [0.1, 0.15) is 0 Å². The summed E-state index contributed by atoms with van der Waals surface area (Å²) in [6.07, 6.45) is 7.81. The highest BCUT2D eigenvalue weighted by Gasteiger charge is 2.44. The molecule has 2 saturated heterocycles. The van der Waals surface area contributed by atoms with Gasteiger partial charge in [0.05, 0.1) is 37.6 Å². The van der Waals surface area contributed by atoms with Crippen molar-refractivity contribution in [2.45, 2.75) is 102 Å². The largest absolute Gasteiger partial charge is 0.465 e. The summed E-state index contributed by atoms with van der Waals surface area (Å²) >= 11 is 0. The van der Waals surface area contributed by atoms with E-state index >= 15 is 0 Å². The predicted molar refractivity (Wildman–Crippen MR) is 133 cm³/mol. The summed E-state index contributed by atoms with van der Waals surface area (Å²) in [5.41, 5.74) is -2.22. The van der Waals surface area contributed by atoms with E-state index in [0.29, 0.717) is 49.5 Å². The van der Waals surface area contributed by atoms with Gasteiger partial charge in [0.25, 0.3) is 0 Å². The molecule has 38 heavy (non-hydrogen) atoms. The number of esters is 2. The van der Waals surface area contributed by atoms with Crippen molar-refractivity contribution in [1.29, 1.82) is 0 Å². The van der Waals surface area contributed by atoms with Gasteiger partial charge in [0.2, 0.25) is 0 Å². The van der Waals surface area contributed by atoms with E-state index in [4.69, 9.17) is 18.9 Å². The first-order valence-corrected chi connectivity index (χ1v) is 13.8. The second-order valence-electron chi connectivity index (χ2n) is 11.1. The zero-order chi connectivity index (χ0) is 26.8. The molecule has 0 bridgehead atoms. The normalized spacial score (nSPS) is 29.2. The van der Waals surface area contributed by atoms with Crippen LogP contribution < -0.4 is 17.1 Å². The third-order valence-electron chi connectivity index (χ3n) is 8.21. The number of epoxide rings is 2. The summed E-state index contributed by atoms with van der Waals surface area (Å²) in [7, 11) is 1.30. The summed E-state index contributed by atoms with van der Waals surface area (Å²) < 4.78 is 24.5. The van der Waals surface area contributed by atoms with Gasteiger partial charge in [-0.2, -0.15) is 0 Å². The predicted octanol–water partition coefficient (Wildman–Crippen LogP) is 0.491. The van der Waals surface area contributed by atoms with Crippen LogP contribution >= 0.6 is 0 Å². The van der Waals surface area contributed by atoms with Crippen molar-refractivity contribution in [2.75, 3.05) is 13.2 Å². The van der Waals surface area contributed by atoms with Crippen LogP contribution in [0.2, 0.25) is 0 Å². The van der Waals surface area contributed by atoms with Gasteiger partial charge in [-0.05, 0) is 63.2 Å². The Kier molecular flexibility index (Phi) is 8.18. The SMILES string of the molecule is Cn1c(=O)n(CCCC(=O)OCC2CCC3OC3C2)c(=O)n(CCCC(=O)OCC2CCC3OC3C2)c1=O. The van der Waals surface area contributed by atoms with Crippen LogP contribution in [0.25, 0.3) is 0 Å². The maximum Gasteiger partial charge on any atom is 0.336 e. The number of carbonyl (C=O) groups excluding carboxylic acids is 2. The van der Waals surface area contributed by atoms with E-state index in [1.807, 2.05) is 0 Å². The Hall–Kier alpha value is -2.73. The molecule has 2 aliphatic heterocycles. The Bertz CT molecular complexity index is 1130. The third-order valence-corrected chi connectivity index (χ3v) is 8.21. The van der Waals surface area contributed by atoms with Crippen molar-refractivity contribution in [1.82, 2.24) is 13.7 Å². The first-order chi connectivity index (χ1) is 18.3. The van der Waals surface area contributed by atoms with Crippen LogP contribution in [-0.2, 0) is 48.7 Å². The molecule has 4 fully saturated rings. The standard InChI is InChI=1S/C26H37N3O9/c1-27-24(32)28(10-2-4-22(30)35-14-16-6-8-18-20(12-16)37-18)26(34)29(25(27)33)11-3-5-23(31)36-15-17-7-9-19-21(13-17)38-19/h16-21H,2-15H2,1H3. The van der Waals surface area contributed by atoms with Crippen LogP contribution in [0.4, 0.5) is 0 Å². The lowest BCUT2D eigenvalue weighted by atomic mass is 9.90. The van der Waals surface area contributed by atoms with Crippen molar-refractivity contribution in [3.05, 3.63) is 31.5 Å². The molecule has 0 amide bonds. The molecule has 3 heterocycles. The highest BCUT2D eigenvalue weighted by Crippen LogP contribution is 2.40. The van der Waals surface area contributed by atoms with Gasteiger partial charge in [-0.25, -0.2) is 28.1 Å². The van der Waals surface area contributed by atoms with Crippen LogP contribution in [0, 0.1) is 11.8 Å². The van der Waals surface area contributed by atoms with Gasteiger partial charge in [-0.15, -0.1) is 0 Å². The minimum Gasteiger partial charge on any atom is -0.465 e. The molecule has 2 aliphatic carbocycles. The van der Waals surface area contributed by atoms with E-state index in [0.717, 1.165) is 52.2 Å². The van der Waals surface area contributed by atoms with Gasteiger partial charge < -0.3 is 18.9 Å². The lowest BCUT2D eigenvalue weighted by molar-refractivity contribution is -0.146. The minimum atomic E-state index is -0.748. The molecule has 2 saturated carbocycles. The number of hydrogen-bond donors (Lipinski definition) is 0. The summed E-state index contributed by atoms with van der Waals surface area (Å²) in [5.74, 6) is -0.131. The van der Waals surface area contributed by atoms with Crippen LogP contribution in [0.5, 0.6) is 0 Å². The first kappa shape index (κ1) is 26.9. The molecule has 6 atom stereocenters. The number of aromatic nitrogens is 3. The second-order valence-corrected chi connectivity index (χ2v) is 11.1. The number of hydrogen-bond acceptors (Lipinski definition) is 9. The lowest BCUT2D eigenvalue weighted by Crippen LogP contribution is -2.53. The molecular formula is C26H37N3O9. The van der Waals surface area contributed by atoms with Crippen molar-refractivity contribution in [3.8, 4) is 0 Å². The number of rotatable bonds is 12. The van der Waals surface area contributed by atoms with E-state index in [1.54, 1.807) is 0 Å². The van der Waals surface area contributed by atoms with Crippen LogP contribution in [-0.4, -0.2) is 63.3 Å². The van der Waals surface area contributed by atoms with E-state index in [2.05, 4.69) is 0 Å². The topological polar surface area (TPSA) is 144 Å². The van der Waals surface area contributed by atoms with Gasteiger partial charge in [0.15, 0.2) is 0 Å². The van der Waals surface area contributed by atoms with Crippen molar-refractivity contribution in [3.63, 3.8) is 0 Å². The number of nitrogens with zero attached hydrogens (tertiary/aromatic N) is 3. The monoisotopic (exact) mass is 535 g/mol. The first-order valence-electron chi connectivity index (χ1n) is 13.8. The molecule has 0 N–H and O–H groups in total. The number of fused-ring (bicyclic) bond motifs is 2. The van der Waals surface area contributed by atoms with Gasteiger partial charge in [0, 0.05) is 33.0 Å². The van der Waals surface area contributed by atoms with Crippen LogP contribution in [0.3, 0.4) is 0 Å². The fourth-order valence-corrected chi connectivity index (χ4v) is 5.74. The van der Waals surface area contributed by atoms with E-state index in [1.165, 1.54) is 7.05 Å². The molecular weight excluding hydrogens is 498 g/mol. The Balaban J connectivity index is 1.06. The van der Waals surface area contributed by atoms with Gasteiger partial charge >= 0.3 is 29.0 Å². The average molecular weight is 536 g/mol. The van der Waals surface area contributed by atoms with Crippen molar-refractivity contribution in [2.24, 2.45) is 18.9 Å². The Morgan fingerprint density at radius 2 is 1.16 bits per heavy atom. The molecule has 4 aliphatic rings. The molecule has 12 heteroatoms. The fourth-order valence-electron chi connectivity index (χ4n) is 5.74. The molecule has 0 radical (unpaired) electrons. The van der Waals surface area contributed by atoms with Gasteiger partial charge in [-0.3, -0.25) is 9.59 Å². The summed E-state index contributed by atoms with van der Waals surface area (Å²) in [6.45, 7) is 0.681. The Morgan fingerprint density at radius 1 is 0.711 bits per heavy atom. The van der Waals surface area contributed by atoms with E-state index < -0.39 is 17.1 Å². The number of ether oxygens (including phenoxy) is 4. The summed E-state index contributed by atoms with van der Waals surface area (Å²) in [6, 6.07) is 0. The molecule has 5 rings (SSSR count). The maximum absolute atomic E-state index is 12.9. The average Bonchev–Trinajstić information content (AvgIpc) is 3.83. The van der Waals surface area contributed by atoms with Crippen molar-refractivity contribution < 1.29 is 28.5 Å². The molecule has 0 spiro atoms. The quantitative estimate of drug-likeness (QED) is 0.276. The highest BCUT2D eigenvalue weighted by molar-refractivity contribution is 5.69. The highest BCUT2D eigenvalue weighted by atomic mass is 16.6. The fraction of sp³-hybridized carbons (Fsp3) is 0.808. The third kappa shape index (κ3) is 6.45. The van der Waals surface area contributed by atoms with Crippen molar-refractivity contribution >= 4 is 11.9 Å². The Morgan fingerprint density at radius 3 is 1.58 bits per heavy atom. The lowest BCUT2D eigenvalue weighted by Gasteiger charge is -2.18. The zero-order valence-electron chi connectivity index (χ0n) is 21.9. The summed E-state index contributed by atoms with van der Waals surface area (Å²) in [4.78, 5) is 62.4. The van der Waals surface area contributed by atoms with Crippen LogP contribution in [0.15, 0.2) is 14.4 Å². The molecule has 210 valence electrons. The van der Waals surface area contributed by atoms with E-state index in [9.17, 15) is 24.0 Å². The minimum absolute atomic E-state index is 0.0170. The van der Waals surface area contributed by atoms with Crippen LogP contribution in [0.1, 0.15) is 64.2 Å². The smallest absolute Gasteiger partial charge is 0.336 e. The summed E-state index contributed by atoms with van der Waals surface area (Å²) in [5, 5.41) is 0. The second kappa shape index (κ2) is 11.6. The van der Waals surface area contributed by atoms with Gasteiger partial charge in [-0.1, -0.05) is 0 Å². The Labute approximate surface area is 219 Å². The maximum atomic E-state index is 12.9. The number of carbonyl (C=O) groups is 2.